The van der Waals surface area contributed by atoms with E-state index in [-0.39, 0.29) is 17.5 Å². The summed E-state index contributed by atoms with van der Waals surface area (Å²) in [4.78, 5) is 0.182. The highest BCUT2D eigenvalue weighted by molar-refractivity contribution is 7.89. The van der Waals surface area contributed by atoms with Crippen molar-refractivity contribution in [1.29, 1.82) is 0 Å². The molecule has 0 amide bonds. The van der Waals surface area contributed by atoms with E-state index in [9.17, 15) is 8.42 Å². The lowest BCUT2D eigenvalue weighted by Crippen LogP contribution is -2.31. The Bertz CT molecular complexity index is 522. The van der Waals surface area contributed by atoms with Gasteiger partial charge in [0.2, 0.25) is 10.0 Å². The Morgan fingerprint density at radius 2 is 2.00 bits per heavy atom. The lowest BCUT2D eigenvalue weighted by Gasteiger charge is -2.10. The zero-order valence-corrected chi connectivity index (χ0v) is 13.5. The van der Waals surface area contributed by atoms with Gasteiger partial charge < -0.3 is 14.5 Å². The van der Waals surface area contributed by atoms with Gasteiger partial charge in [-0.1, -0.05) is 13.8 Å². The Hall–Kier alpha value is -0.890. The molecule has 0 radical (unpaired) electrons. The van der Waals surface area contributed by atoms with Crippen molar-refractivity contribution in [3.63, 3.8) is 0 Å². The highest BCUT2D eigenvalue weighted by Crippen LogP contribution is 2.20. The monoisotopic (exact) mass is 304 g/mol. The minimum Gasteiger partial charge on any atom is -0.464 e. The molecule has 0 aromatic carbocycles. The van der Waals surface area contributed by atoms with Gasteiger partial charge in [-0.15, -0.1) is 0 Å². The summed E-state index contributed by atoms with van der Waals surface area (Å²) in [6.45, 7) is 8.20. The van der Waals surface area contributed by atoms with E-state index >= 15 is 0 Å². The van der Waals surface area contributed by atoms with Crippen LogP contribution in [0.3, 0.4) is 0 Å². The van der Waals surface area contributed by atoms with E-state index in [4.69, 9.17) is 9.15 Å². The number of hydrogen-bond acceptors (Lipinski definition) is 5. The molecule has 0 aliphatic carbocycles. The first-order chi connectivity index (χ1) is 9.26. The van der Waals surface area contributed by atoms with Gasteiger partial charge in [-0.2, -0.15) is 0 Å². The maximum atomic E-state index is 12.2. The topological polar surface area (TPSA) is 80.6 Å². The van der Waals surface area contributed by atoms with Crippen LogP contribution >= 0.6 is 0 Å². The van der Waals surface area contributed by atoms with Crippen LogP contribution < -0.4 is 10.0 Å². The van der Waals surface area contributed by atoms with Gasteiger partial charge in [0.1, 0.15) is 16.4 Å². The van der Waals surface area contributed by atoms with Crippen LogP contribution in [0.15, 0.2) is 15.4 Å². The van der Waals surface area contributed by atoms with Crippen molar-refractivity contribution >= 4 is 10.0 Å². The van der Waals surface area contributed by atoms with Crippen LogP contribution in [0.1, 0.15) is 32.3 Å². The van der Waals surface area contributed by atoms with Crippen molar-refractivity contribution < 1.29 is 17.6 Å². The third kappa shape index (κ3) is 4.90. The third-order valence-corrected chi connectivity index (χ3v) is 4.39. The molecule has 1 atom stereocenters. The van der Waals surface area contributed by atoms with Crippen LogP contribution in [0.5, 0.6) is 0 Å². The quantitative estimate of drug-likeness (QED) is 0.759. The van der Waals surface area contributed by atoms with Gasteiger partial charge in [0.05, 0.1) is 12.6 Å². The van der Waals surface area contributed by atoms with Crippen molar-refractivity contribution in [2.24, 2.45) is 0 Å². The van der Waals surface area contributed by atoms with Gasteiger partial charge in [0.25, 0.3) is 0 Å². The van der Waals surface area contributed by atoms with E-state index in [0.29, 0.717) is 24.1 Å². The molecule has 1 unspecified atom stereocenters. The minimum atomic E-state index is -3.57. The predicted molar refractivity (Wildman–Crippen MR) is 77.1 cm³/mol. The van der Waals surface area contributed by atoms with Crippen LogP contribution in [0.25, 0.3) is 0 Å². The molecule has 1 heterocycles. The van der Waals surface area contributed by atoms with E-state index in [1.165, 1.54) is 7.11 Å². The fraction of sp³-hybridized carbons (Fsp3) is 0.692. The molecule has 0 fully saturated rings. The molecule has 1 rings (SSSR count). The molecule has 7 heteroatoms. The zero-order valence-electron chi connectivity index (χ0n) is 12.7. The highest BCUT2D eigenvalue weighted by Gasteiger charge is 2.21. The van der Waals surface area contributed by atoms with E-state index in [2.05, 4.69) is 10.0 Å². The Morgan fingerprint density at radius 3 is 2.55 bits per heavy atom. The van der Waals surface area contributed by atoms with E-state index in [1.807, 2.05) is 13.8 Å². The fourth-order valence-corrected chi connectivity index (χ4v) is 2.89. The summed E-state index contributed by atoms with van der Waals surface area (Å²) in [6, 6.07) is 1.87. The molecule has 20 heavy (non-hydrogen) atoms. The maximum absolute atomic E-state index is 12.2. The Morgan fingerprint density at radius 1 is 1.35 bits per heavy atom. The van der Waals surface area contributed by atoms with Gasteiger partial charge in [-0.25, -0.2) is 13.1 Å². The molecule has 0 bridgehead atoms. The normalized spacial score (nSPS) is 13.9. The smallest absolute Gasteiger partial charge is 0.244 e. The molecule has 2 N–H and O–H groups in total. The molecule has 1 aromatic heterocycles. The van der Waals surface area contributed by atoms with E-state index < -0.39 is 10.0 Å². The van der Waals surface area contributed by atoms with Crippen molar-refractivity contribution in [1.82, 2.24) is 10.0 Å². The summed E-state index contributed by atoms with van der Waals surface area (Å²) in [6.07, 6.45) is -0.181. The first-order valence-electron chi connectivity index (χ1n) is 6.61. The molecule has 116 valence electrons. The summed E-state index contributed by atoms with van der Waals surface area (Å²) in [5, 5.41) is 3.18. The fourth-order valence-electron chi connectivity index (χ4n) is 1.57. The van der Waals surface area contributed by atoms with Gasteiger partial charge in [0, 0.05) is 25.8 Å². The van der Waals surface area contributed by atoms with Gasteiger partial charge >= 0.3 is 0 Å². The number of ether oxygens (including phenoxy) is 1. The molecule has 0 saturated heterocycles. The van der Waals surface area contributed by atoms with Gasteiger partial charge in [-0.05, 0) is 13.8 Å². The number of furan rings is 1. The average Bonchev–Trinajstić information content (AvgIpc) is 2.75. The van der Waals surface area contributed by atoms with Crippen LogP contribution in [-0.4, -0.2) is 34.2 Å². The van der Waals surface area contributed by atoms with Crippen LogP contribution in [0.4, 0.5) is 0 Å². The second kappa shape index (κ2) is 7.21. The van der Waals surface area contributed by atoms with Crippen molar-refractivity contribution in [3.05, 3.63) is 17.6 Å². The van der Waals surface area contributed by atoms with E-state index in [1.54, 1.807) is 19.9 Å². The van der Waals surface area contributed by atoms with Crippen molar-refractivity contribution in [3.8, 4) is 0 Å². The summed E-state index contributed by atoms with van der Waals surface area (Å²) in [5.41, 5.74) is 0. The molecule has 0 aliphatic rings. The second-order valence-electron chi connectivity index (χ2n) is 5.07. The molecule has 1 aromatic rings. The molecular formula is C13H24N2O4S. The molecule has 0 saturated carbocycles. The SMILES string of the molecule is COC(C)CNS(=O)(=O)c1cc(CNC(C)C)oc1C. The molecule has 0 aliphatic heterocycles. The first kappa shape index (κ1) is 17.2. The molecule has 6 nitrogen and oxygen atoms in total. The van der Waals surface area contributed by atoms with Crippen LogP contribution in [0.2, 0.25) is 0 Å². The lowest BCUT2D eigenvalue weighted by molar-refractivity contribution is 0.122. The van der Waals surface area contributed by atoms with Gasteiger partial charge in [0.15, 0.2) is 0 Å². The van der Waals surface area contributed by atoms with Crippen molar-refractivity contribution in [2.45, 2.75) is 51.3 Å². The number of methoxy groups -OCH3 is 1. The van der Waals surface area contributed by atoms with Crippen LogP contribution in [-0.2, 0) is 21.3 Å². The number of nitrogens with one attached hydrogen (secondary N) is 2. The molecule has 0 spiro atoms. The summed E-state index contributed by atoms with van der Waals surface area (Å²) in [5.74, 6) is 1.000. The Balaban J connectivity index is 2.79. The standard InChI is InChI=1S/C13H24N2O4S/c1-9(2)14-8-12-6-13(11(4)19-12)20(16,17)15-7-10(3)18-5/h6,9-10,14-15H,7-8H2,1-5H3. The van der Waals surface area contributed by atoms with Gasteiger partial charge in [-0.3, -0.25) is 0 Å². The summed E-state index contributed by atoms with van der Waals surface area (Å²) in [7, 11) is -2.03. The van der Waals surface area contributed by atoms with E-state index in [0.717, 1.165) is 0 Å². The average molecular weight is 304 g/mol. The zero-order chi connectivity index (χ0) is 15.3. The number of hydrogen-bond donors (Lipinski definition) is 2. The largest absolute Gasteiger partial charge is 0.464 e. The minimum absolute atomic E-state index is 0.181. The summed E-state index contributed by atoms with van der Waals surface area (Å²) < 4.78 is 37.4. The van der Waals surface area contributed by atoms with Crippen LogP contribution in [0, 0.1) is 6.92 Å². The first-order valence-corrected chi connectivity index (χ1v) is 8.09. The Labute approximate surface area is 120 Å². The lowest BCUT2D eigenvalue weighted by atomic mass is 10.3. The molecular weight excluding hydrogens is 280 g/mol. The second-order valence-corrected chi connectivity index (χ2v) is 6.80. The number of sulfonamides is 1. The Kier molecular flexibility index (Phi) is 6.19. The summed E-state index contributed by atoms with van der Waals surface area (Å²) >= 11 is 0. The van der Waals surface area contributed by atoms with Crippen molar-refractivity contribution in [2.75, 3.05) is 13.7 Å². The third-order valence-electron chi connectivity index (χ3n) is 2.86. The number of rotatable bonds is 8. The highest BCUT2D eigenvalue weighted by atomic mass is 32.2. The predicted octanol–water partition coefficient (Wildman–Crippen LogP) is 1.40. The maximum Gasteiger partial charge on any atom is 0.244 e. The number of aryl methyl sites for hydroxylation is 1.